The Morgan fingerprint density at radius 2 is 2.24 bits per heavy atom. The Labute approximate surface area is 131 Å². The third kappa shape index (κ3) is 6.24. The summed E-state index contributed by atoms with van der Waals surface area (Å²) in [6.45, 7) is 4.80. The summed E-state index contributed by atoms with van der Waals surface area (Å²) in [7, 11) is 0. The van der Waals surface area contributed by atoms with Crippen LogP contribution in [0.1, 0.15) is 41.3 Å². The van der Waals surface area contributed by atoms with Crippen molar-refractivity contribution in [3.8, 4) is 11.8 Å². The van der Waals surface area contributed by atoms with Gasteiger partial charge in [-0.2, -0.15) is 11.8 Å². The first-order valence-corrected chi connectivity index (χ1v) is 8.38. The van der Waals surface area contributed by atoms with E-state index in [4.69, 9.17) is 5.11 Å². The van der Waals surface area contributed by atoms with Gasteiger partial charge in [0.15, 0.2) is 0 Å². The maximum Gasteiger partial charge on any atom is 0.252 e. The minimum Gasteiger partial charge on any atom is -0.395 e. The van der Waals surface area contributed by atoms with Gasteiger partial charge in [-0.05, 0) is 31.7 Å². The molecule has 1 aromatic rings. The van der Waals surface area contributed by atoms with Crippen LogP contribution in [-0.2, 0) is 0 Å². The lowest BCUT2D eigenvalue weighted by molar-refractivity contribution is 0.0953. The molecule has 2 N–H and O–H groups in total. The molecule has 0 heterocycles. The first kappa shape index (κ1) is 17.6. The van der Waals surface area contributed by atoms with Crippen molar-refractivity contribution in [1.29, 1.82) is 0 Å². The molecule has 0 aromatic heterocycles. The topological polar surface area (TPSA) is 49.3 Å². The van der Waals surface area contributed by atoms with E-state index in [0.717, 1.165) is 12.0 Å². The van der Waals surface area contributed by atoms with Gasteiger partial charge in [-0.3, -0.25) is 4.79 Å². The zero-order valence-corrected chi connectivity index (χ0v) is 13.7. The minimum atomic E-state index is -0.0831. The van der Waals surface area contributed by atoms with E-state index < -0.39 is 0 Å². The molecule has 3 nitrogen and oxygen atoms in total. The van der Waals surface area contributed by atoms with E-state index in [0.29, 0.717) is 29.3 Å². The van der Waals surface area contributed by atoms with Crippen LogP contribution < -0.4 is 5.32 Å². The van der Waals surface area contributed by atoms with E-state index in [1.165, 1.54) is 0 Å². The molecule has 4 heteroatoms. The number of nitrogens with one attached hydrogen (secondary N) is 1. The smallest absolute Gasteiger partial charge is 0.252 e. The monoisotopic (exact) mass is 305 g/mol. The standard InChI is InChI=1S/C17H23NO2S/c1-13-7-8-15(6-4-5-11-19)16(12-13)17(20)18-10-9-14(2)21-3/h7-8,12,14,19H,5,9-11H2,1-3H3,(H,18,20). The lowest BCUT2D eigenvalue weighted by Crippen LogP contribution is -2.26. The molecule has 0 spiro atoms. The van der Waals surface area contributed by atoms with Gasteiger partial charge in [0.25, 0.3) is 5.91 Å². The van der Waals surface area contributed by atoms with Crippen LogP contribution in [0.5, 0.6) is 0 Å². The summed E-state index contributed by atoms with van der Waals surface area (Å²) in [5.74, 6) is 5.74. The summed E-state index contributed by atoms with van der Waals surface area (Å²) in [6.07, 6.45) is 3.44. The first-order valence-electron chi connectivity index (χ1n) is 7.10. The van der Waals surface area contributed by atoms with E-state index in [2.05, 4.69) is 30.3 Å². The van der Waals surface area contributed by atoms with E-state index in [9.17, 15) is 4.79 Å². The number of thioether (sulfide) groups is 1. The average molecular weight is 305 g/mol. The number of carbonyl (C=O) groups excluding carboxylic acids is 1. The zero-order valence-electron chi connectivity index (χ0n) is 12.9. The van der Waals surface area contributed by atoms with Crippen LogP contribution in [-0.4, -0.2) is 35.7 Å². The molecule has 0 bridgehead atoms. The van der Waals surface area contributed by atoms with E-state index in [1.54, 1.807) is 11.8 Å². The number of aliphatic hydroxyl groups is 1. The SMILES string of the molecule is CSC(C)CCNC(=O)c1cc(C)ccc1C#CCCO. The lowest BCUT2D eigenvalue weighted by Gasteiger charge is -2.10. The summed E-state index contributed by atoms with van der Waals surface area (Å²) in [5.41, 5.74) is 2.35. The summed E-state index contributed by atoms with van der Waals surface area (Å²) >= 11 is 1.79. The van der Waals surface area contributed by atoms with Crippen molar-refractivity contribution >= 4 is 17.7 Å². The maximum absolute atomic E-state index is 12.3. The fourth-order valence-electron chi connectivity index (χ4n) is 1.77. The van der Waals surface area contributed by atoms with Gasteiger partial charge in [0.2, 0.25) is 0 Å². The third-order valence-electron chi connectivity index (χ3n) is 3.12. The minimum absolute atomic E-state index is 0.0347. The highest BCUT2D eigenvalue weighted by Gasteiger charge is 2.10. The summed E-state index contributed by atoms with van der Waals surface area (Å²) in [5, 5.41) is 12.3. The molecule has 21 heavy (non-hydrogen) atoms. The number of aliphatic hydroxyl groups excluding tert-OH is 1. The molecule has 1 unspecified atom stereocenters. The molecular weight excluding hydrogens is 282 g/mol. The Kier molecular flexibility index (Phi) is 7.96. The highest BCUT2D eigenvalue weighted by atomic mass is 32.2. The number of amides is 1. The predicted octanol–water partition coefficient (Wildman–Crippen LogP) is 2.60. The van der Waals surface area contributed by atoms with Gasteiger partial charge in [-0.25, -0.2) is 0 Å². The van der Waals surface area contributed by atoms with Crippen LogP contribution in [0.25, 0.3) is 0 Å². The average Bonchev–Trinajstić information content (AvgIpc) is 2.48. The van der Waals surface area contributed by atoms with Crippen LogP contribution >= 0.6 is 11.8 Å². The Hall–Kier alpha value is -1.44. The molecule has 1 aromatic carbocycles. The van der Waals surface area contributed by atoms with Crippen LogP contribution in [0.15, 0.2) is 18.2 Å². The second kappa shape index (κ2) is 9.49. The lowest BCUT2D eigenvalue weighted by atomic mass is 10.0. The Bertz CT molecular complexity index is 531. The zero-order chi connectivity index (χ0) is 15.7. The number of benzene rings is 1. The van der Waals surface area contributed by atoms with Gasteiger partial charge in [-0.15, -0.1) is 0 Å². The summed E-state index contributed by atoms with van der Waals surface area (Å²) < 4.78 is 0. The van der Waals surface area contributed by atoms with Gasteiger partial charge in [0, 0.05) is 23.8 Å². The number of rotatable bonds is 6. The van der Waals surface area contributed by atoms with Crippen LogP contribution in [0, 0.1) is 18.8 Å². The Morgan fingerprint density at radius 3 is 2.90 bits per heavy atom. The number of hydrogen-bond donors (Lipinski definition) is 2. The van der Waals surface area contributed by atoms with Crippen molar-refractivity contribution in [2.24, 2.45) is 0 Å². The largest absolute Gasteiger partial charge is 0.395 e. The van der Waals surface area contributed by atoms with Crippen LogP contribution in [0.2, 0.25) is 0 Å². The molecule has 114 valence electrons. The summed E-state index contributed by atoms with van der Waals surface area (Å²) in [6, 6.07) is 5.66. The van der Waals surface area contributed by atoms with Crippen molar-refractivity contribution in [3.63, 3.8) is 0 Å². The van der Waals surface area contributed by atoms with E-state index in [1.807, 2.05) is 25.1 Å². The number of aryl methyl sites for hydroxylation is 1. The molecule has 0 fully saturated rings. The molecule has 1 rings (SSSR count). The molecule has 1 atom stereocenters. The van der Waals surface area contributed by atoms with Gasteiger partial charge < -0.3 is 10.4 Å². The van der Waals surface area contributed by atoms with Crippen molar-refractivity contribution in [3.05, 3.63) is 34.9 Å². The highest BCUT2D eigenvalue weighted by molar-refractivity contribution is 7.99. The van der Waals surface area contributed by atoms with E-state index >= 15 is 0 Å². The molecular formula is C17H23NO2S. The molecule has 1 amide bonds. The highest BCUT2D eigenvalue weighted by Crippen LogP contribution is 2.12. The van der Waals surface area contributed by atoms with Gasteiger partial charge >= 0.3 is 0 Å². The van der Waals surface area contributed by atoms with Gasteiger partial charge in [0.05, 0.1) is 12.2 Å². The Balaban J connectivity index is 2.78. The predicted molar refractivity (Wildman–Crippen MR) is 89.7 cm³/mol. The normalized spacial score (nSPS) is 11.4. The van der Waals surface area contributed by atoms with Crippen molar-refractivity contribution in [2.75, 3.05) is 19.4 Å². The quantitative estimate of drug-likeness (QED) is 0.794. The number of carbonyl (C=O) groups is 1. The molecule has 0 aliphatic heterocycles. The molecule has 0 aliphatic carbocycles. The van der Waals surface area contributed by atoms with Crippen molar-refractivity contribution in [1.82, 2.24) is 5.32 Å². The molecule has 0 radical (unpaired) electrons. The number of hydrogen-bond acceptors (Lipinski definition) is 3. The second-order valence-electron chi connectivity index (χ2n) is 4.92. The Morgan fingerprint density at radius 1 is 1.48 bits per heavy atom. The second-order valence-corrected chi connectivity index (χ2v) is 6.19. The molecule has 0 aliphatic rings. The fraction of sp³-hybridized carbons (Fsp3) is 0.471. The van der Waals surface area contributed by atoms with Crippen LogP contribution in [0.4, 0.5) is 0 Å². The summed E-state index contributed by atoms with van der Waals surface area (Å²) in [4.78, 5) is 12.3. The van der Waals surface area contributed by atoms with Gasteiger partial charge in [0.1, 0.15) is 0 Å². The van der Waals surface area contributed by atoms with Crippen LogP contribution in [0.3, 0.4) is 0 Å². The van der Waals surface area contributed by atoms with Gasteiger partial charge in [-0.1, -0.05) is 30.4 Å². The maximum atomic E-state index is 12.3. The third-order valence-corrected chi connectivity index (χ3v) is 4.16. The van der Waals surface area contributed by atoms with Crippen molar-refractivity contribution < 1.29 is 9.90 Å². The fourth-order valence-corrected chi connectivity index (χ4v) is 2.12. The van der Waals surface area contributed by atoms with E-state index in [-0.39, 0.29) is 12.5 Å². The molecule has 0 saturated heterocycles. The first-order chi connectivity index (χ1) is 10.1. The molecule has 0 saturated carbocycles. The van der Waals surface area contributed by atoms with Crippen molar-refractivity contribution in [2.45, 2.75) is 31.9 Å².